The highest BCUT2D eigenvalue weighted by Crippen LogP contribution is 2.10. The van der Waals surface area contributed by atoms with Crippen molar-refractivity contribution in [3.8, 4) is 0 Å². The summed E-state index contributed by atoms with van der Waals surface area (Å²) in [5.41, 5.74) is 0. The molecule has 1 N–H and O–H groups in total. The van der Waals surface area contributed by atoms with Crippen LogP contribution in [0.25, 0.3) is 0 Å². The molecule has 0 spiro atoms. The van der Waals surface area contributed by atoms with Crippen molar-refractivity contribution in [2.45, 2.75) is 32.2 Å². The number of rotatable bonds is 3. The Kier molecular flexibility index (Phi) is 3.11. The first kappa shape index (κ1) is 9.54. The molecule has 0 saturated heterocycles. The van der Waals surface area contributed by atoms with Crippen LogP contribution >= 0.6 is 12.6 Å². The van der Waals surface area contributed by atoms with Crippen LogP contribution in [0.15, 0.2) is 4.52 Å². The van der Waals surface area contributed by atoms with E-state index in [0.717, 1.165) is 0 Å². The van der Waals surface area contributed by atoms with E-state index in [1.165, 1.54) is 0 Å². The standard InChI is InChI=1S/C7H13N3OS/c1-4(8-6(3)12)7-9-5(2)10-11-7/h4,6,8,12H,1-3H3/t4-,6?/m0/s1. The molecule has 1 unspecified atom stereocenters. The van der Waals surface area contributed by atoms with Crippen molar-refractivity contribution in [2.75, 3.05) is 0 Å². The predicted octanol–water partition coefficient (Wildman–Crippen LogP) is 1.30. The molecule has 1 aromatic heterocycles. The molecular weight excluding hydrogens is 174 g/mol. The summed E-state index contributed by atoms with van der Waals surface area (Å²) in [5.74, 6) is 1.26. The summed E-state index contributed by atoms with van der Waals surface area (Å²) >= 11 is 4.19. The van der Waals surface area contributed by atoms with Gasteiger partial charge in [0.25, 0.3) is 0 Å². The van der Waals surface area contributed by atoms with Crippen molar-refractivity contribution < 1.29 is 4.52 Å². The molecule has 0 aromatic carbocycles. The van der Waals surface area contributed by atoms with Gasteiger partial charge < -0.3 is 4.52 Å². The lowest BCUT2D eigenvalue weighted by Crippen LogP contribution is -2.24. The minimum absolute atomic E-state index is 0.0544. The van der Waals surface area contributed by atoms with Crippen LogP contribution in [0.4, 0.5) is 0 Å². The number of nitrogens with zero attached hydrogens (tertiary/aromatic N) is 2. The highest BCUT2D eigenvalue weighted by Gasteiger charge is 2.12. The molecule has 0 fully saturated rings. The molecule has 0 aliphatic carbocycles. The average molecular weight is 187 g/mol. The Bertz CT molecular complexity index is 249. The van der Waals surface area contributed by atoms with E-state index in [4.69, 9.17) is 4.52 Å². The van der Waals surface area contributed by atoms with Crippen LogP contribution < -0.4 is 5.32 Å². The molecule has 68 valence electrons. The third-order valence-electron chi connectivity index (χ3n) is 1.40. The molecule has 4 nitrogen and oxygen atoms in total. The number of aryl methyl sites for hydroxylation is 1. The SMILES string of the molecule is Cc1noc([C@H](C)NC(C)S)n1. The summed E-state index contributed by atoms with van der Waals surface area (Å²) in [6, 6.07) is 0.0544. The molecule has 12 heavy (non-hydrogen) atoms. The number of hydrogen-bond acceptors (Lipinski definition) is 5. The normalized spacial score (nSPS) is 16.0. The van der Waals surface area contributed by atoms with Crippen LogP contribution in [0.2, 0.25) is 0 Å². The van der Waals surface area contributed by atoms with Gasteiger partial charge >= 0.3 is 0 Å². The van der Waals surface area contributed by atoms with Crippen LogP contribution in [0.1, 0.15) is 31.6 Å². The molecule has 0 aliphatic heterocycles. The van der Waals surface area contributed by atoms with E-state index in [1.807, 2.05) is 13.8 Å². The quantitative estimate of drug-likeness (QED) is 0.553. The van der Waals surface area contributed by atoms with Crippen molar-refractivity contribution in [2.24, 2.45) is 0 Å². The van der Waals surface area contributed by atoms with Crippen LogP contribution in [0, 0.1) is 6.92 Å². The fourth-order valence-corrected chi connectivity index (χ4v) is 1.15. The van der Waals surface area contributed by atoms with E-state index in [0.29, 0.717) is 11.7 Å². The van der Waals surface area contributed by atoms with E-state index in [2.05, 4.69) is 28.1 Å². The smallest absolute Gasteiger partial charge is 0.243 e. The summed E-state index contributed by atoms with van der Waals surface area (Å²) in [4.78, 5) is 4.09. The van der Waals surface area contributed by atoms with Gasteiger partial charge in [0.2, 0.25) is 5.89 Å². The molecule has 1 rings (SSSR count). The second-order valence-electron chi connectivity index (χ2n) is 2.74. The van der Waals surface area contributed by atoms with Crippen LogP contribution in [0.3, 0.4) is 0 Å². The monoisotopic (exact) mass is 187 g/mol. The number of thiol groups is 1. The topological polar surface area (TPSA) is 51.0 Å². The molecule has 1 aromatic rings. The first-order chi connectivity index (χ1) is 5.59. The van der Waals surface area contributed by atoms with Gasteiger partial charge in [-0.2, -0.15) is 17.6 Å². The average Bonchev–Trinajstić information content (AvgIpc) is 2.34. The van der Waals surface area contributed by atoms with Gasteiger partial charge in [-0.25, -0.2) is 0 Å². The second kappa shape index (κ2) is 3.91. The third kappa shape index (κ3) is 2.49. The van der Waals surface area contributed by atoms with Gasteiger partial charge in [0, 0.05) is 5.37 Å². The fourth-order valence-electron chi connectivity index (χ4n) is 0.922. The fraction of sp³-hybridized carbons (Fsp3) is 0.714. The van der Waals surface area contributed by atoms with Crippen molar-refractivity contribution in [1.82, 2.24) is 15.5 Å². The van der Waals surface area contributed by atoms with Gasteiger partial charge in [0.05, 0.1) is 6.04 Å². The van der Waals surface area contributed by atoms with Gasteiger partial charge in [0.1, 0.15) is 0 Å². The highest BCUT2D eigenvalue weighted by atomic mass is 32.1. The number of aromatic nitrogens is 2. The maximum Gasteiger partial charge on any atom is 0.243 e. The maximum absolute atomic E-state index is 4.97. The van der Waals surface area contributed by atoms with E-state index in [9.17, 15) is 0 Å². The van der Waals surface area contributed by atoms with Gasteiger partial charge in [-0.3, -0.25) is 5.32 Å². The summed E-state index contributed by atoms with van der Waals surface area (Å²) < 4.78 is 4.97. The Labute approximate surface area is 77.1 Å². The molecule has 0 amide bonds. The Morgan fingerprint density at radius 3 is 2.58 bits per heavy atom. The Morgan fingerprint density at radius 2 is 2.17 bits per heavy atom. The van der Waals surface area contributed by atoms with Crippen LogP contribution in [-0.2, 0) is 0 Å². The molecule has 1 heterocycles. The number of hydrogen-bond donors (Lipinski definition) is 2. The summed E-state index contributed by atoms with van der Waals surface area (Å²) in [6.45, 7) is 5.70. The first-order valence-electron chi connectivity index (χ1n) is 3.84. The molecule has 2 atom stereocenters. The highest BCUT2D eigenvalue weighted by molar-refractivity contribution is 7.80. The van der Waals surface area contributed by atoms with Crippen LogP contribution in [-0.4, -0.2) is 15.5 Å². The third-order valence-corrected chi connectivity index (χ3v) is 1.55. The molecular formula is C7H13N3OS. The van der Waals surface area contributed by atoms with E-state index >= 15 is 0 Å². The predicted molar refractivity (Wildman–Crippen MR) is 49.0 cm³/mol. The first-order valence-corrected chi connectivity index (χ1v) is 4.35. The van der Waals surface area contributed by atoms with Crippen molar-refractivity contribution >= 4 is 12.6 Å². The molecule has 0 radical (unpaired) electrons. The van der Waals surface area contributed by atoms with Crippen molar-refractivity contribution in [1.29, 1.82) is 0 Å². The van der Waals surface area contributed by atoms with Gasteiger partial charge in [-0.15, -0.1) is 0 Å². The van der Waals surface area contributed by atoms with Gasteiger partial charge in [-0.05, 0) is 20.8 Å². The number of nitrogens with one attached hydrogen (secondary N) is 1. The van der Waals surface area contributed by atoms with Crippen molar-refractivity contribution in [3.63, 3.8) is 0 Å². The summed E-state index contributed by atoms with van der Waals surface area (Å²) in [5, 5.41) is 6.95. The Balaban J connectivity index is 2.58. The largest absolute Gasteiger partial charge is 0.338 e. The van der Waals surface area contributed by atoms with Gasteiger partial charge in [0.15, 0.2) is 5.82 Å². The minimum atomic E-state index is 0.0544. The lowest BCUT2D eigenvalue weighted by Gasteiger charge is -2.11. The summed E-state index contributed by atoms with van der Waals surface area (Å²) in [7, 11) is 0. The zero-order chi connectivity index (χ0) is 9.14. The zero-order valence-electron chi connectivity index (χ0n) is 7.40. The molecule has 5 heteroatoms. The van der Waals surface area contributed by atoms with Crippen molar-refractivity contribution in [3.05, 3.63) is 11.7 Å². The van der Waals surface area contributed by atoms with Gasteiger partial charge in [-0.1, -0.05) is 5.16 Å². The Morgan fingerprint density at radius 1 is 1.50 bits per heavy atom. The lowest BCUT2D eigenvalue weighted by molar-refractivity contribution is 0.337. The minimum Gasteiger partial charge on any atom is -0.338 e. The lowest BCUT2D eigenvalue weighted by atomic mass is 10.3. The van der Waals surface area contributed by atoms with E-state index < -0.39 is 0 Å². The van der Waals surface area contributed by atoms with Crippen LogP contribution in [0.5, 0.6) is 0 Å². The summed E-state index contributed by atoms with van der Waals surface area (Å²) in [6.07, 6.45) is 0. The van der Waals surface area contributed by atoms with E-state index in [-0.39, 0.29) is 11.4 Å². The second-order valence-corrected chi connectivity index (χ2v) is 3.52. The molecule has 0 aliphatic rings. The molecule has 0 saturated carbocycles. The zero-order valence-corrected chi connectivity index (χ0v) is 8.30. The molecule has 0 bridgehead atoms. The van der Waals surface area contributed by atoms with E-state index in [1.54, 1.807) is 6.92 Å². The maximum atomic E-state index is 4.97. The Hall–Kier alpha value is -0.550.